The monoisotopic (exact) mass is 187 g/mol. The van der Waals surface area contributed by atoms with Gasteiger partial charge >= 0.3 is 0 Å². The minimum Gasteiger partial charge on any atom is -0.197 e. The van der Waals surface area contributed by atoms with Crippen LogP contribution in [0.4, 0.5) is 0 Å². The van der Waals surface area contributed by atoms with Gasteiger partial charge in [-0.2, -0.15) is 15.5 Å². The molecule has 0 aliphatic heterocycles. The van der Waals surface area contributed by atoms with Crippen LogP contribution in [0.5, 0.6) is 0 Å². The fourth-order valence-electron chi connectivity index (χ4n) is 2.32. The lowest BCUT2D eigenvalue weighted by atomic mass is 9.77. The third kappa shape index (κ3) is 1.19. The van der Waals surface area contributed by atoms with Gasteiger partial charge in [0.1, 0.15) is 5.41 Å². The van der Waals surface area contributed by atoms with Crippen LogP contribution in [-0.2, 0) is 5.41 Å². The van der Waals surface area contributed by atoms with E-state index in [9.17, 15) is 5.26 Å². The topological polar surface area (TPSA) is 49.6 Å². The summed E-state index contributed by atoms with van der Waals surface area (Å²) in [6, 6.07) is 6.21. The SMILES string of the molecule is CC1CCCC1(C#N)c1cccnn1. The van der Waals surface area contributed by atoms with E-state index in [1.54, 1.807) is 6.20 Å². The molecule has 0 saturated heterocycles. The summed E-state index contributed by atoms with van der Waals surface area (Å²) in [6.07, 6.45) is 4.80. The highest BCUT2D eigenvalue weighted by atomic mass is 15.1. The lowest BCUT2D eigenvalue weighted by Crippen LogP contribution is -2.28. The molecule has 1 aliphatic rings. The predicted octanol–water partition coefficient (Wildman–Crippen LogP) is 2.06. The summed E-state index contributed by atoms with van der Waals surface area (Å²) in [4.78, 5) is 0. The molecule has 1 aromatic rings. The summed E-state index contributed by atoms with van der Waals surface area (Å²) in [7, 11) is 0. The van der Waals surface area contributed by atoms with Crippen molar-refractivity contribution in [2.75, 3.05) is 0 Å². The fourth-order valence-corrected chi connectivity index (χ4v) is 2.32. The predicted molar refractivity (Wildman–Crippen MR) is 52.3 cm³/mol. The first-order valence-corrected chi connectivity index (χ1v) is 4.99. The van der Waals surface area contributed by atoms with Crippen LogP contribution in [0.1, 0.15) is 31.9 Å². The van der Waals surface area contributed by atoms with Crippen molar-refractivity contribution >= 4 is 0 Å². The molecule has 0 radical (unpaired) electrons. The Morgan fingerprint density at radius 2 is 2.50 bits per heavy atom. The van der Waals surface area contributed by atoms with Crippen LogP contribution in [0.3, 0.4) is 0 Å². The van der Waals surface area contributed by atoms with E-state index in [-0.39, 0.29) is 5.41 Å². The second-order valence-electron chi connectivity index (χ2n) is 3.99. The van der Waals surface area contributed by atoms with E-state index in [0.29, 0.717) is 5.92 Å². The zero-order valence-corrected chi connectivity index (χ0v) is 8.27. The molecule has 3 heteroatoms. The van der Waals surface area contributed by atoms with Gasteiger partial charge in [-0.15, -0.1) is 0 Å². The van der Waals surface area contributed by atoms with Gasteiger partial charge in [0.25, 0.3) is 0 Å². The van der Waals surface area contributed by atoms with Crippen LogP contribution in [-0.4, -0.2) is 10.2 Å². The number of rotatable bonds is 1. The molecule has 1 saturated carbocycles. The Hall–Kier alpha value is -1.43. The van der Waals surface area contributed by atoms with E-state index in [1.807, 2.05) is 12.1 Å². The largest absolute Gasteiger partial charge is 0.197 e. The van der Waals surface area contributed by atoms with Crippen LogP contribution >= 0.6 is 0 Å². The zero-order valence-electron chi connectivity index (χ0n) is 8.27. The Kier molecular flexibility index (Phi) is 2.20. The molecule has 0 bridgehead atoms. The van der Waals surface area contributed by atoms with Gasteiger partial charge in [0.15, 0.2) is 0 Å². The van der Waals surface area contributed by atoms with Gasteiger partial charge in [0.2, 0.25) is 0 Å². The molecule has 3 nitrogen and oxygen atoms in total. The van der Waals surface area contributed by atoms with Gasteiger partial charge in [-0.1, -0.05) is 13.3 Å². The van der Waals surface area contributed by atoms with Crippen LogP contribution in [0, 0.1) is 17.2 Å². The van der Waals surface area contributed by atoms with Gasteiger partial charge in [0, 0.05) is 6.20 Å². The zero-order chi connectivity index (χ0) is 10.0. The van der Waals surface area contributed by atoms with Gasteiger partial charge < -0.3 is 0 Å². The van der Waals surface area contributed by atoms with E-state index in [0.717, 1.165) is 25.0 Å². The molecule has 0 N–H and O–H groups in total. The average Bonchev–Trinajstić information content (AvgIpc) is 2.62. The number of nitrogens with zero attached hydrogens (tertiary/aromatic N) is 3. The highest BCUT2D eigenvalue weighted by molar-refractivity contribution is 5.28. The van der Waals surface area contributed by atoms with E-state index in [2.05, 4.69) is 23.2 Å². The maximum atomic E-state index is 9.32. The minimum absolute atomic E-state index is 0.381. The molecule has 1 heterocycles. The summed E-state index contributed by atoms with van der Waals surface area (Å²) >= 11 is 0. The van der Waals surface area contributed by atoms with Crippen molar-refractivity contribution in [3.63, 3.8) is 0 Å². The Labute approximate surface area is 83.8 Å². The highest BCUT2D eigenvalue weighted by Gasteiger charge is 2.43. The average molecular weight is 187 g/mol. The molecule has 2 rings (SSSR count). The first-order chi connectivity index (χ1) is 6.79. The molecule has 0 spiro atoms. The molecular formula is C11H13N3. The Morgan fingerprint density at radius 1 is 1.64 bits per heavy atom. The van der Waals surface area contributed by atoms with Crippen molar-refractivity contribution in [1.82, 2.24) is 10.2 Å². The second kappa shape index (κ2) is 3.38. The van der Waals surface area contributed by atoms with Crippen molar-refractivity contribution in [3.8, 4) is 6.07 Å². The number of aromatic nitrogens is 2. The van der Waals surface area contributed by atoms with E-state index < -0.39 is 0 Å². The molecule has 14 heavy (non-hydrogen) atoms. The van der Waals surface area contributed by atoms with Crippen LogP contribution in [0.2, 0.25) is 0 Å². The third-order valence-corrected chi connectivity index (χ3v) is 3.28. The van der Waals surface area contributed by atoms with E-state index >= 15 is 0 Å². The van der Waals surface area contributed by atoms with Crippen molar-refractivity contribution in [3.05, 3.63) is 24.0 Å². The lowest BCUT2D eigenvalue weighted by Gasteiger charge is -2.24. The van der Waals surface area contributed by atoms with Crippen molar-refractivity contribution in [2.24, 2.45) is 5.92 Å². The molecule has 1 aromatic heterocycles. The molecule has 2 unspecified atom stereocenters. The van der Waals surface area contributed by atoms with Crippen LogP contribution in [0.25, 0.3) is 0 Å². The van der Waals surface area contributed by atoms with E-state index in [1.165, 1.54) is 0 Å². The van der Waals surface area contributed by atoms with Crippen LogP contribution in [0.15, 0.2) is 18.3 Å². The quantitative estimate of drug-likeness (QED) is 0.676. The molecule has 0 aromatic carbocycles. The Balaban J connectivity index is 2.44. The summed E-state index contributed by atoms with van der Waals surface area (Å²) in [5.74, 6) is 0.393. The van der Waals surface area contributed by atoms with Gasteiger partial charge in [-0.05, 0) is 30.9 Å². The van der Waals surface area contributed by atoms with E-state index in [4.69, 9.17) is 0 Å². The first kappa shape index (κ1) is 9.14. The van der Waals surface area contributed by atoms with Crippen molar-refractivity contribution in [2.45, 2.75) is 31.6 Å². The molecule has 1 fully saturated rings. The maximum Gasteiger partial charge on any atom is 0.104 e. The second-order valence-corrected chi connectivity index (χ2v) is 3.99. The van der Waals surface area contributed by atoms with Crippen molar-refractivity contribution in [1.29, 1.82) is 5.26 Å². The Bertz CT molecular complexity index is 355. The summed E-state index contributed by atoms with van der Waals surface area (Å²) in [6.45, 7) is 2.13. The molecule has 2 atom stereocenters. The van der Waals surface area contributed by atoms with Gasteiger partial charge in [0.05, 0.1) is 11.8 Å². The maximum absolute atomic E-state index is 9.32. The number of hydrogen-bond donors (Lipinski definition) is 0. The highest BCUT2D eigenvalue weighted by Crippen LogP contribution is 2.43. The summed E-state index contributed by atoms with van der Waals surface area (Å²) in [5.41, 5.74) is 0.460. The normalized spacial score (nSPS) is 31.3. The van der Waals surface area contributed by atoms with Crippen LogP contribution < -0.4 is 0 Å². The lowest BCUT2D eigenvalue weighted by molar-refractivity contribution is 0.416. The molecular weight excluding hydrogens is 174 g/mol. The van der Waals surface area contributed by atoms with Gasteiger partial charge in [-0.25, -0.2) is 0 Å². The van der Waals surface area contributed by atoms with Gasteiger partial charge in [-0.3, -0.25) is 0 Å². The molecule has 1 aliphatic carbocycles. The minimum atomic E-state index is -0.381. The Morgan fingerprint density at radius 3 is 3.00 bits per heavy atom. The number of nitriles is 1. The fraction of sp³-hybridized carbons (Fsp3) is 0.545. The number of hydrogen-bond acceptors (Lipinski definition) is 3. The molecule has 0 amide bonds. The van der Waals surface area contributed by atoms with Crippen molar-refractivity contribution < 1.29 is 0 Å². The summed E-state index contributed by atoms with van der Waals surface area (Å²) < 4.78 is 0. The standard InChI is InChI=1S/C11H13N3/c1-9-4-2-6-11(9,8-12)10-5-3-7-13-14-10/h3,5,7,9H,2,4,6H2,1H3. The first-order valence-electron chi connectivity index (χ1n) is 4.99. The third-order valence-electron chi connectivity index (χ3n) is 3.28. The summed E-state index contributed by atoms with van der Waals surface area (Å²) in [5, 5.41) is 17.3. The smallest absolute Gasteiger partial charge is 0.104 e. The molecule has 72 valence electrons.